The number of amides is 1. The molecule has 1 aliphatic heterocycles. The second kappa shape index (κ2) is 8.46. The Balaban J connectivity index is 1.59. The maximum absolute atomic E-state index is 12.7. The normalized spacial score (nSPS) is 15.7. The lowest BCUT2D eigenvalue weighted by atomic mass is 10.2. The molecule has 7 nitrogen and oxygen atoms in total. The van der Waals surface area contributed by atoms with Crippen LogP contribution in [0.4, 0.5) is 0 Å². The topological polar surface area (TPSA) is 84.3 Å². The number of carbonyl (C=O) groups excluding carboxylic acids is 1. The van der Waals surface area contributed by atoms with Gasteiger partial charge in [0, 0.05) is 44.1 Å². The van der Waals surface area contributed by atoms with E-state index in [1.165, 1.54) is 10.4 Å². The summed E-state index contributed by atoms with van der Waals surface area (Å²) in [5.74, 6) is -0.258. The Labute approximate surface area is 154 Å². The summed E-state index contributed by atoms with van der Waals surface area (Å²) >= 11 is 0. The van der Waals surface area contributed by atoms with E-state index in [1.807, 2.05) is 10.8 Å². The summed E-state index contributed by atoms with van der Waals surface area (Å²) in [5.41, 5.74) is 0.366. The van der Waals surface area contributed by atoms with Crippen molar-refractivity contribution in [1.82, 2.24) is 19.2 Å². The number of imidazole rings is 1. The van der Waals surface area contributed by atoms with Gasteiger partial charge in [-0.15, -0.1) is 0 Å². The predicted octanol–water partition coefficient (Wildman–Crippen LogP) is 1.88. The average Bonchev–Trinajstić information content (AvgIpc) is 3.19. The van der Waals surface area contributed by atoms with Crippen LogP contribution in [-0.4, -0.2) is 47.8 Å². The molecule has 0 aliphatic carbocycles. The highest BCUT2D eigenvalue weighted by Crippen LogP contribution is 2.21. The lowest BCUT2D eigenvalue weighted by molar-refractivity contribution is 0.0952. The minimum Gasteiger partial charge on any atom is -0.352 e. The number of hydrogen-bond donors (Lipinski definition) is 1. The molecule has 1 aromatic heterocycles. The number of rotatable bonds is 7. The van der Waals surface area contributed by atoms with Gasteiger partial charge in [-0.05, 0) is 37.5 Å². The SMILES string of the molecule is O=C(NCCCn1ccnc1)c1cccc(S(=O)(=O)N2CCCCC2)c1. The summed E-state index contributed by atoms with van der Waals surface area (Å²) in [6.45, 7) is 2.38. The summed E-state index contributed by atoms with van der Waals surface area (Å²) in [6, 6.07) is 6.28. The van der Waals surface area contributed by atoms with Crippen LogP contribution in [0.15, 0.2) is 47.9 Å². The van der Waals surface area contributed by atoms with Crippen molar-refractivity contribution in [3.63, 3.8) is 0 Å². The smallest absolute Gasteiger partial charge is 0.251 e. The van der Waals surface area contributed by atoms with Crippen molar-refractivity contribution < 1.29 is 13.2 Å². The first kappa shape index (κ1) is 18.6. The van der Waals surface area contributed by atoms with E-state index in [0.29, 0.717) is 25.2 Å². The third kappa shape index (κ3) is 4.50. The van der Waals surface area contributed by atoms with Gasteiger partial charge in [0.25, 0.3) is 5.91 Å². The molecule has 8 heteroatoms. The minimum absolute atomic E-state index is 0.186. The largest absolute Gasteiger partial charge is 0.352 e. The van der Waals surface area contributed by atoms with Crippen molar-refractivity contribution in [2.45, 2.75) is 37.1 Å². The summed E-state index contributed by atoms with van der Waals surface area (Å²) in [6.07, 6.45) is 8.93. The van der Waals surface area contributed by atoms with Crippen LogP contribution in [0.5, 0.6) is 0 Å². The van der Waals surface area contributed by atoms with Gasteiger partial charge in [-0.1, -0.05) is 12.5 Å². The highest BCUT2D eigenvalue weighted by atomic mass is 32.2. The zero-order valence-electron chi connectivity index (χ0n) is 14.7. The molecule has 2 aromatic rings. The van der Waals surface area contributed by atoms with Crippen molar-refractivity contribution in [2.75, 3.05) is 19.6 Å². The lowest BCUT2D eigenvalue weighted by Crippen LogP contribution is -2.35. The molecule has 1 aliphatic rings. The summed E-state index contributed by atoms with van der Waals surface area (Å²) < 4.78 is 28.9. The van der Waals surface area contributed by atoms with Crippen LogP contribution in [0.1, 0.15) is 36.0 Å². The third-order valence-corrected chi connectivity index (χ3v) is 6.38. The highest BCUT2D eigenvalue weighted by molar-refractivity contribution is 7.89. The van der Waals surface area contributed by atoms with Crippen LogP contribution >= 0.6 is 0 Å². The molecule has 1 amide bonds. The highest BCUT2D eigenvalue weighted by Gasteiger charge is 2.26. The minimum atomic E-state index is -3.53. The molecule has 1 N–H and O–H groups in total. The van der Waals surface area contributed by atoms with E-state index in [0.717, 1.165) is 32.2 Å². The molecule has 2 heterocycles. The monoisotopic (exact) mass is 376 g/mol. The predicted molar refractivity (Wildman–Crippen MR) is 98.2 cm³/mol. The number of nitrogens with one attached hydrogen (secondary N) is 1. The van der Waals surface area contributed by atoms with E-state index in [-0.39, 0.29) is 10.8 Å². The number of aryl methyl sites for hydroxylation is 1. The van der Waals surface area contributed by atoms with Gasteiger partial charge >= 0.3 is 0 Å². The molecule has 0 atom stereocenters. The number of piperidine rings is 1. The molecule has 0 bridgehead atoms. The lowest BCUT2D eigenvalue weighted by Gasteiger charge is -2.26. The average molecular weight is 376 g/mol. The third-order valence-electron chi connectivity index (χ3n) is 4.49. The van der Waals surface area contributed by atoms with Crippen molar-refractivity contribution in [3.05, 3.63) is 48.5 Å². The van der Waals surface area contributed by atoms with Gasteiger partial charge in [-0.2, -0.15) is 4.31 Å². The molecule has 3 rings (SSSR count). The molecule has 26 heavy (non-hydrogen) atoms. The first-order chi connectivity index (χ1) is 12.6. The van der Waals surface area contributed by atoms with E-state index >= 15 is 0 Å². The van der Waals surface area contributed by atoms with Gasteiger partial charge in [0.05, 0.1) is 11.2 Å². The fourth-order valence-corrected chi connectivity index (χ4v) is 4.60. The van der Waals surface area contributed by atoms with E-state index in [1.54, 1.807) is 30.7 Å². The molecule has 1 fully saturated rings. The fourth-order valence-electron chi connectivity index (χ4n) is 3.04. The Kier molecular flexibility index (Phi) is 6.05. The summed E-state index contributed by atoms with van der Waals surface area (Å²) in [5, 5.41) is 2.84. The Morgan fingerprint density at radius 3 is 2.73 bits per heavy atom. The van der Waals surface area contributed by atoms with Crippen molar-refractivity contribution >= 4 is 15.9 Å². The van der Waals surface area contributed by atoms with Crippen LogP contribution in [0.25, 0.3) is 0 Å². The molecule has 0 spiro atoms. The summed E-state index contributed by atoms with van der Waals surface area (Å²) in [4.78, 5) is 16.5. The van der Waals surface area contributed by atoms with Crippen LogP contribution in [0.2, 0.25) is 0 Å². The fraction of sp³-hybridized carbons (Fsp3) is 0.444. The van der Waals surface area contributed by atoms with E-state index in [9.17, 15) is 13.2 Å². The standard InChI is InChI=1S/C18H24N4O3S/c23-18(20-8-5-10-21-13-9-19-15-21)16-6-4-7-17(14-16)26(24,25)22-11-2-1-3-12-22/h4,6-7,9,13-15H,1-3,5,8,10-12H2,(H,20,23). The summed E-state index contributed by atoms with van der Waals surface area (Å²) in [7, 11) is -3.53. The molecule has 0 unspecified atom stereocenters. The molecular weight excluding hydrogens is 352 g/mol. The van der Waals surface area contributed by atoms with Gasteiger partial charge < -0.3 is 9.88 Å². The van der Waals surface area contributed by atoms with Gasteiger partial charge in [0.1, 0.15) is 0 Å². The zero-order chi connectivity index (χ0) is 18.4. The number of sulfonamides is 1. The number of aromatic nitrogens is 2. The molecular formula is C18H24N4O3S. The first-order valence-electron chi connectivity index (χ1n) is 8.91. The van der Waals surface area contributed by atoms with Crippen molar-refractivity contribution in [2.24, 2.45) is 0 Å². The molecule has 140 valence electrons. The van der Waals surface area contributed by atoms with Gasteiger partial charge in [-0.3, -0.25) is 4.79 Å². The number of nitrogens with zero attached hydrogens (tertiary/aromatic N) is 3. The van der Waals surface area contributed by atoms with Crippen LogP contribution in [0.3, 0.4) is 0 Å². The molecule has 0 radical (unpaired) electrons. The number of benzene rings is 1. The maximum atomic E-state index is 12.7. The van der Waals surface area contributed by atoms with Crippen molar-refractivity contribution in [3.8, 4) is 0 Å². The van der Waals surface area contributed by atoms with Gasteiger partial charge in [0.2, 0.25) is 10.0 Å². The zero-order valence-corrected chi connectivity index (χ0v) is 15.5. The van der Waals surface area contributed by atoms with E-state index < -0.39 is 10.0 Å². The van der Waals surface area contributed by atoms with Crippen LogP contribution < -0.4 is 5.32 Å². The van der Waals surface area contributed by atoms with Crippen LogP contribution in [0, 0.1) is 0 Å². The van der Waals surface area contributed by atoms with E-state index in [2.05, 4.69) is 10.3 Å². The number of hydrogen-bond acceptors (Lipinski definition) is 4. The quantitative estimate of drug-likeness (QED) is 0.748. The molecule has 1 saturated heterocycles. The number of carbonyl (C=O) groups is 1. The first-order valence-corrected chi connectivity index (χ1v) is 10.4. The van der Waals surface area contributed by atoms with Gasteiger partial charge in [-0.25, -0.2) is 13.4 Å². The second-order valence-electron chi connectivity index (χ2n) is 6.40. The van der Waals surface area contributed by atoms with E-state index in [4.69, 9.17) is 0 Å². The maximum Gasteiger partial charge on any atom is 0.251 e. The molecule has 1 aromatic carbocycles. The Morgan fingerprint density at radius 2 is 2.00 bits per heavy atom. The Morgan fingerprint density at radius 1 is 1.19 bits per heavy atom. The van der Waals surface area contributed by atoms with Gasteiger partial charge in [0.15, 0.2) is 0 Å². The second-order valence-corrected chi connectivity index (χ2v) is 8.34. The Hall–Kier alpha value is -2.19. The van der Waals surface area contributed by atoms with Crippen molar-refractivity contribution in [1.29, 1.82) is 0 Å². The van der Waals surface area contributed by atoms with Crippen LogP contribution in [-0.2, 0) is 16.6 Å². The molecule has 0 saturated carbocycles. The Bertz CT molecular complexity index is 828.